The molecule has 0 saturated carbocycles. The highest BCUT2D eigenvalue weighted by molar-refractivity contribution is 8.68. The molecule has 40 heavy (non-hydrogen) atoms. The van der Waals surface area contributed by atoms with Gasteiger partial charge in [0.05, 0.1) is 18.1 Å². The molecule has 2 N–H and O–H groups in total. The van der Waals surface area contributed by atoms with Crippen molar-refractivity contribution in [1.82, 2.24) is 5.32 Å². The highest BCUT2D eigenvalue weighted by Crippen LogP contribution is 2.49. The van der Waals surface area contributed by atoms with Gasteiger partial charge in [0.25, 0.3) is 0 Å². The normalized spacial score (nSPS) is 15.3. The smallest absolute Gasteiger partial charge is 0.324 e. The van der Waals surface area contributed by atoms with Crippen LogP contribution in [-0.2, 0) is 19.1 Å². The van der Waals surface area contributed by atoms with Gasteiger partial charge in [-0.05, 0) is 69.4 Å². The number of rotatable bonds is 17. The second-order valence-electron chi connectivity index (χ2n) is 13.6. The van der Waals surface area contributed by atoms with Gasteiger partial charge >= 0.3 is 11.9 Å². The van der Waals surface area contributed by atoms with Crippen LogP contribution in [0.4, 0.5) is 0 Å². The molecule has 0 fully saturated rings. The van der Waals surface area contributed by atoms with Crippen LogP contribution >= 0.6 is 22.5 Å². The molecule has 7 nitrogen and oxygen atoms in total. The summed E-state index contributed by atoms with van der Waals surface area (Å²) in [5.41, 5.74) is -0.477. The van der Waals surface area contributed by atoms with E-state index in [1.165, 1.54) is 10.8 Å². The van der Waals surface area contributed by atoms with E-state index in [9.17, 15) is 19.5 Å². The maximum atomic E-state index is 13.8. The molecule has 0 heterocycles. The molecule has 0 bridgehead atoms. The molecule has 0 aliphatic carbocycles. The van der Waals surface area contributed by atoms with Gasteiger partial charge < -0.3 is 19.9 Å². The first-order valence-corrected chi connectivity index (χ1v) is 15.9. The van der Waals surface area contributed by atoms with E-state index < -0.39 is 40.3 Å². The fourth-order valence-electron chi connectivity index (χ4n) is 4.52. The number of carboxylic acids is 1. The predicted octanol–water partition coefficient (Wildman–Crippen LogP) is 6.81. The van der Waals surface area contributed by atoms with E-state index in [4.69, 9.17) is 9.47 Å². The van der Waals surface area contributed by atoms with E-state index >= 15 is 0 Å². The molecule has 0 aliphatic rings. The van der Waals surface area contributed by atoms with Crippen molar-refractivity contribution in [2.45, 2.75) is 105 Å². The molecule has 1 rings (SSSR count). The average molecular weight is 598 g/mol. The lowest BCUT2D eigenvalue weighted by Gasteiger charge is -2.48. The van der Waals surface area contributed by atoms with Gasteiger partial charge in [0.15, 0.2) is 0 Å². The van der Waals surface area contributed by atoms with E-state index in [1.54, 1.807) is 13.0 Å². The first-order valence-electron chi connectivity index (χ1n) is 13.9. The molecule has 3 atom stereocenters. The van der Waals surface area contributed by atoms with E-state index in [0.717, 1.165) is 17.6 Å². The Balaban J connectivity index is 3.31. The molecule has 0 spiro atoms. The molecule has 0 radical (unpaired) electrons. The highest BCUT2D eigenvalue weighted by atomic mass is 33.1. The molecule has 0 aliphatic heterocycles. The molecule has 0 aromatic heterocycles. The predicted molar refractivity (Wildman–Crippen MR) is 167 cm³/mol. The number of aldehydes is 1. The number of hydrogen-bond donors (Lipinski definition) is 3. The minimum atomic E-state index is -0.933. The van der Waals surface area contributed by atoms with Crippen molar-refractivity contribution in [3.8, 4) is 0 Å². The lowest BCUT2D eigenvalue weighted by atomic mass is 9.60. The van der Waals surface area contributed by atoms with Gasteiger partial charge in [0, 0.05) is 24.3 Å². The van der Waals surface area contributed by atoms with Crippen LogP contribution in [0.1, 0.15) is 104 Å². The Hall–Kier alpha value is -1.55. The average Bonchev–Trinajstić information content (AvgIpc) is 2.82. The van der Waals surface area contributed by atoms with Crippen LogP contribution in [-0.4, -0.2) is 59.5 Å². The van der Waals surface area contributed by atoms with Crippen molar-refractivity contribution in [1.29, 1.82) is 0 Å². The number of hydrogen-bond acceptors (Lipinski definition) is 8. The Kier molecular flexibility index (Phi) is 13.7. The van der Waals surface area contributed by atoms with Crippen LogP contribution in [0.15, 0.2) is 24.3 Å². The number of thiol groups is 1. The van der Waals surface area contributed by atoms with Crippen molar-refractivity contribution in [3.63, 3.8) is 0 Å². The van der Waals surface area contributed by atoms with Gasteiger partial charge in [-0.2, -0.15) is 0 Å². The maximum absolute atomic E-state index is 13.8. The summed E-state index contributed by atoms with van der Waals surface area (Å²) in [6, 6.07) is 6.83. The van der Waals surface area contributed by atoms with Crippen LogP contribution in [0.25, 0.3) is 0 Å². The molecule has 228 valence electrons. The summed E-state index contributed by atoms with van der Waals surface area (Å²) in [6.45, 7) is 20.2. The topological polar surface area (TPSA) is 102 Å². The third-order valence-corrected chi connectivity index (χ3v) is 8.92. The molecule has 9 heteroatoms. The second-order valence-corrected chi connectivity index (χ2v) is 14.9. The molecular weight excluding hydrogens is 546 g/mol. The molecule has 1 aromatic carbocycles. The molecule has 0 amide bonds. The summed E-state index contributed by atoms with van der Waals surface area (Å²) >= 11 is 4.42. The summed E-state index contributed by atoms with van der Waals surface area (Å²) < 4.78 is 11.9. The zero-order valence-electron chi connectivity index (χ0n) is 26.0. The third kappa shape index (κ3) is 11.4. The van der Waals surface area contributed by atoms with E-state index in [1.807, 2.05) is 66.7 Å². The fraction of sp³-hybridized carbons (Fsp3) is 0.710. The van der Waals surface area contributed by atoms with Gasteiger partial charge in [0.2, 0.25) is 0 Å². The highest BCUT2D eigenvalue weighted by Gasteiger charge is 2.49. The van der Waals surface area contributed by atoms with Gasteiger partial charge in [0.1, 0.15) is 17.9 Å². The SMILES string of the molecule is CC(CNC(C(=O)OC(C)(C)CCOC(C)(C)C)C(C)(C)C(C)(C)CC(CSS)c1cccc(C=O)c1)C(=O)O. The summed E-state index contributed by atoms with van der Waals surface area (Å²) in [5, 5.41) is 12.7. The van der Waals surface area contributed by atoms with Crippen molar-refractivity contribution in [2.24, 2.45) is 16.7 Å². The Morgan fingerprint density at radius 2 is 1.73 bits per heavy atom. The fourth-order valence-corrected chi connectivity index (χ4v) is 5.55. The van der Waals surface area contributed by atoms with Crippen LogP contribution in [0.5, 0.6) is 0 Å². The van der Waals surface area contributed by atoms with Crippen LogP contribution in [0, 0.1) is 16.7 Å². The molecule has 3 unspecified atom stereocenters. The van der Waals surface area contributed by atoms with Crippen molar-refractivity contribution >= 4 is 40.7 Å². The molecular formula is C31H51NO6S2. The van der Waals surface area contributed by atoms with Gasteiger partial charge in [-0.1, -0.05) is 63.6 Å². The van der Waals surface area contributed by atoms with Crippen molar-refractivity contribution < 1.29 is 29.0 Å². The van der Waals surface area contributed by atoms with E-state index in [-0.39, 0.29) is 18.1 Å². The Morgan fingerprint density at radius 3 is 2.25 bits per heavy atom. The van der Waals surface area contributed by atoms with Crippen molar-refractivity contribution in [2.75, 3.05) is 18.9 Å². The molecule has 1 aromatic rings. The summed E-state index contributed by atoms with van der Waals surface area (Å²) in [6.07, 6.45) is 2.07. The van der Waals surface area contributed by atoms with Gasteiger partial charge in [-0.25, -0.2) is 0 Å². The van der Waals surface area contributed by atoms with Crippen LogP contribution in [0.2, 0.25) is 0 Å². The Bertz CT molecular complexity index is 986. The van der Waals surface area contributed by atoms with Crippen LogP contribution < -0.4 is 5.32 Å². The lowest BCUT2D eigenvalue weighted by molar-refractivity contribution is -0.168. The molecule has 0 saturated heterocycles. The number of benzene rings is 1. The van der Waals surface area contributed by atoms with Crippen molar-refractivity contribution in [3.05, 3.63) is 35.4 Å². The number of carbonyl (C=O) groups excluding carboxylic acids is 2. The monoisotopic (exact) mass is 597 g/mol. The number of carboxylic acid groups (broad SMARTS) is 1. The second kappa shape index (κ2) is 15.1. The van der Waals surface area contributed by atoms with E-state index in [2.05, 4.69) is 30.8 Å². The number of carbonyl (C=O) groups is 3. The zero-order valence-corrected chi connectivity index (χ0v) is 27.7. The summed E-state index contributed by atoms with van der Waals surface area (Å²) in [4.78, 5) is 36.8. The lowest BCUT2D eigenvalue weighted by Crippen LogP contribution is -2.57. The Labute approximate surface area is 250 Å². The number of aliphatic carboxylic acids is 1. The van der Waals surface area contributed by atoms with Gasteiger partial charge in [-0.15, -0.1) is 11.7 Å². The minimum Gasteiger partial charge on any atom is -0.481 e. The number of nitrogens with one attached hydrogen (secondary N) is 1. The maximum Gasteiger partial charge on any atom is 0.324 e. The Morgan fingerprint density at radius 1 is 1.10 bits per heavy atom. The number of esters is 1. The minimum absolute atomic E-state index is 0.0808. The van der Waals surface area contributed by atoms with Gasteiger partial charge in [-0.3, -0.25) is 14.4 Å². The first-order chi connectivity index (χ1) is 18.3. The quantitative estimate of drug-likeness (QED) is 0.0779. The number of ether oxygens (including phenoxy) is 2. The largest absolute Gasteiger partial charge is 0.481 e. The summed E-state index contributed by atoms with van der Waals surface area (Å²) in [5.74, 6) is -1.22. The first kappa shape index (κ1) is 36.5. The summed E-state index contributed by atoms with van der Waals surface area (Å²) in [7, 11) is 1.44. The van der Waals surface area contributed by atoms with Crippen LogP contribution in [0.3, 0.4) is 0 Å². The van der Waals surface area contributed by atoms with E-state index in [0.29, 0.717) is 25.0 Å². The zero-order chi connectivity index (χ0) is 30.9. The third-order valence-electron chi connectivity index (χ3n) is 7.92. The standard InChI is InChI=1S/C31H51NO6S2/c1-21(26(34)35)18-32-25(27(36)38-30(7,8)14-15-37-28(2,3)4)31(9,10)29(5,6)17-24(20-40-39)23-13-11-12-22(16-23)19-33/h11-13,16,19,21,24-25,32,39H,14-15,17-18,20H2,1-10H3,(H,34,35).